The lowest BCUT2D eigenvalue weighted by molar-refractivity contribution is -0.384. The van der Waals surface area contributed by atoms with Crippen LogP contribution < -0.4 is 10.2 Å². The van der Waals surface area contributed by atoms with Crippen LogP contribution in [0.25, 0.3) is 11.0 Å². The zero-order valence-corrected chi connectivity index (χ0v) is 15.8. The van der Waals surface area contributed by atoms with Crippen LogP contribution in [0.3, 0.4) is 0 Å². The Morgan fingerprint density at radius 3 is 2.96 bits per heavy atom. The molecule has 1 amide bonds. The summed E-state index contributed by atoms with van der Waals surface area (Å²) in [6.45, 7) is 7.64. The highest BCUT2D eigenvalue weighted by atomic mass is 16.6. The first-order valence-electron chi connectivity index (χ1n) is 9.07. The van der Waals surface area contributed by atoms with Gasteiger partial charge in [-0.2, -0.15) is 0 Å². The number of amides is 1. The number of aromatic nitrogens is 2. The summed E-state index contributed by atoms with van der Waals surface area (Å²) in [5.41, 5.74) is 0.869. The summed E-state index contributed by atoms with van der Waals surface area (Å²) >= 11 is 0. The standard InChI is InChI=1S/C18H25N5O4/c1-18(2,3)27-17(24)19-10-12-5-4-8-22(11-12)16-20-14-7-6-13(23(25)26)9-15(14)21-16/h6-7,9,12H,4-5,8,10-11H2,1-3H3,(H,19,24)(H,20,21). The molecule has 1 aliphatic heterocycles. The zero-order valence-electron chi connectivity index (χ0n) is 15.8. The van der Waals surface area contributed by atoms with Crippen LogP contribution in [0.5, 0.6) is 0 Å². The number of alkyl carbamates (subject to hydrolysis) is 1. The number of piperidine rings is 1. The van der Waals surface area contributed by atoms with Gasteiger partial charge in [0.15, 0.2) is 0 Å². The van der Waals surface area contributed by atoms with Crippen molar-refractivity contribution in [1.82, 2.24) is 15.3 Å². The number of benzene rings is 1. The van der Waals surface area contributed by atoms with E-state index in [2.05, 4.69) is 20.2 Å². The van der Waals surface area contributed by atoms with Gasteiger partial charge in [0.2, 0.25) is 5.95 Å². The fraction of sp³-hybridized carbons (Fsp3) is 0.556. The molecule has 9 nitrogen and oxygen atoms in total. The quantitative estimate of drug-likeness (QED) is 0.626. The van der Waals surface area contributed by atoms with Crippen LogP contribution in [0.15, 0.2) is 18.2 Å². The van der Waals surface area contributed by atoms with E-state index in [0.29, 0.717) is 23.5 Å². The normalized spacial score (nSPS) is 17.7. The number of ether oxygens (including phenoxy) is 1. The highest BCUT2D eigenvalue weighted by Crippen LogP contribution is 2.25. The monoisotopic (exact) mass is 375 g/mol. The zero-order chi connectivity index (χ0) is 19.6. The molecule has 9 heteroatoms. The van der Waals surface area contributed by atoms with Crippen molar-refractivity contribution in [1.29, 1.82) is 0 Å². The number of nitro groups is 1. The minimum absolute atomic E-state index is 0.0378. The van der Waals surface area contributed by atoms with E-state index in [1.54, 1.807) is 6.07 Å². The first-order valence-corrected chi connectivity index (χ1v) is 9.07. The molecule has 2 N–H and O–H groups in total. The molecule has 1 aliphatic rings. The van der Waals surface area contributed by atoms with Gasteiger partial charge in [-0.1, -0.05) is 0 Å². The summed E-state index contributed by atoms with van der Waals surface area (Å²) in [5, 5.41) is 13.8. The molecular weight excluding hydrogens is 350 g/mol. The summed E-state index contributed by atoms with van der Waals surface area (Å²) < 4.78 is 5.27. The van der Waals surface area contributed by atoms with Crippen LogP contribution in [-0.4, -0.2) is 46.2 Å². The van der Waals surface area contributed by atoms with Gasteiger partial charge in [0.1, 0.15) is 5.60 Å². The largest absolute Gasteiger partial charge is 0.444 e. The maximum absolute atomic E-state index is 11.8. The van der Waals surface area contributed by atoms with Gasteiger partial charge >= 0.3 is 6.09 Å². The number of imidazole rings is 1. The number of hydrogen-bond donors (Lipinski definition) is 2. The summed E-state index contributed by atoms with van der Waals surface area (Å²) in [6.07, 6.45) is 1.59. The average Bonchev–Trinajstić information content (AvgIpc) is 3.02. The van der Waals surface area contributed by atoms with E-state index in [-0.39, 0.29) is 11.6 Å². The number of carbonyl (C=O) groups excluding carboxylic acids is 1. The SMILES string of the molecule is CC(C)(C)OC(=O)NCC1CCCN(c2nc3ccc([N+](=O)[O-])cc3[nH]2)C1. The van der Waals surface area contributed by atoms with Crippen LogP contribution in [0.4, 0.5) is 16.4 Å². The van der Waals surface area contributed by atoms with Gasteiger partial charge in [-0.05, 0) is 45.6 Å². The fourth-order valence-electron chi connectivity index (χ4n) is 3.21. The molecule has 2 heterocycles. The average molecular weight is 375 g/mol. The topological polar surface area (TPSA) is 113 Å². The number of anilines is 1. The number of carbonyl (C=O) groups is 1. The molecule has 0 aliphatic carbocycles. The molecule has 1 fully saturated rings. The third-order valence-electron chi connectivity index (χ3n) is 4.42. The number of hydrogen-bond acceptors (Lipinski definition) is 6. The molecule has 2 aromatic rings. The molecule has 3 rings (SSSR count). The van der Waals surface area contributed by atoms with Crippen LogP contribution in [0.2, 0.25) is 0 Å². The minimum atomic E-state index is -0.514. The second-order valence-electron chi connectivity index (χ2n) is 7.86. The number of non-ortho nitro benzene ring substituents is 1. The van der Waals surface area contributed by atoms with Gasteiger partial charge in [-0.3, -0.25) is 10.1 Å². The number of H-pyrrole nitrogens is 1. The van der Waals surface area contributed by atoms with Crippen molar-refractivity contribution in [2.24, 2.45) is 5.92 Å². The minimum Gasteiger partial charge on any atom is -0.444 e. The Bertz CT molecular complexity index is 842. The lowest BCUT2D eigenvalue weighted by Gasteiger charge is -2.32. The van der Waals surface area contributed by atoms with E-state index < -0.39 is 16.6 Å². The number of nitrogens with zero attached hydrogens (tertiary/aromatic N) is 3. The second kappa shape index (κ2) is 7.42. The van der Waals surface area contributed by atoms with E-state index in [1.807, 2.05) is 20.8 Å². The molecule has 0 spiro atoms. The lowest BCUT2D eigenvalue weighted by Crippen LogP contribution is -2.42. The highest BCUT2D eigenvalue weighted by molar-refractivity contribution is 5.80. The molecule has 0 saturated carbocycles. The van der Waals surface area contributed by atoms with Gasteiger partial charge in [0, 0.05) is 31.8 Å². The number of fused-ring (bicyclic) bond motifs is 1. The van der Waals surface area contributed by atoms with Crippen molar-refractivity contribution < 1.29 is 14.5 Å². The number of nitro benzene ring substituents is 1. The molecule has 27 heavy (non-hydrogen) atoms. The Labute approximate surface area is 157 Å². The Morgan fingerprint density at radius 1 is 1.48 bits per heavy atom. The Hall–Kier alpha value is -2.84. The number of rotatable bonds is 4. The summed E-state index contributed by atoms with van der Waals surface area (Å²) in [7, 11) is 0. The van der Waals surface area contributed by atoms with Crippen molar-refractivity contribution in [3.8, 4) is 0 Å². The highest BCUT2D eigenvalue weighted by Gasteiger charge is 2.24. The predicted octanol–water partition coefficient (Wildman–Crippen LogP) is 3.21. The number of nitrogens with one attached hydrogen (secondary N) is 2. The summed E-state index contributed by atoms with van der Waals surface area (Å²) in [6, 6.07) is 4.60. The van der Waals surface area contributed by atoms with Crippen LogP contribution >= 0.6 is 0 Å². The van der Waals surface area contributed by atoms with E-state index >= 15 is 0 Å². The third-order valence-corrected chi connectivity index (χ3v) is 4.42. The smallest absolute Gasteiger partial charge is 0.407 e. The van der Waals surface area contributed by atoms with Crippen molar-refractivity contribution in [2.45, 2.75) is 39.2 Å². The van der Waals surface area contributed by atoms with Crippen molar-refractivity contribution in [2.75, 3.05) is 24.5 Å². The van der Waals surface area contributed by atoms with Crippen LogP contribution in [0.1, 0.15) is 33.6 Å². The first kappa shape index (κ1) is 18.9. The maximum Gasteiger partial charge on any atom is 0.407 e. The van der Waals surface area contributed by atoms with Crippen molar-refractivity contribution in [3.63, 3.8) is 0 Å². The molecule has 1 aromatic carbocycles. The van der Waals surface area contributed by atoms with E-state index in [4.69, 9.17) is 4.74 Å². The van der Waals surface area contributed by atoms with Crippen LogP contribution in [-0.2, 0) is 4.74 Å². The van der Waals surface area contributed by atoms with Gasteiger partial charge in [0.25, 0.3) is 5.69 Å². The van der Waals surface area contributed by atoms with Crippen molar-refractivity contribution >= 4 is 28.8 Å². The molecule has 0 radical (unpaired) electrons. The van der Waals surface area contributed by atoms with E-state index in [9.17, 15) is 14.9 Å². The summed E-state index contributed by atoms with van der Waals surface area (Å²) in [5.74, 6) is 0.987. The van der Waals surface area contributed by atoms with Gasteiger partial charge < -0.3 is 19.9 Å². The maximum atomic E-state index is 11.8. The molecule has 1 saturated heterocycles. The van der Waals surface area contributed by atoms with Gasteiger partial charge in [-0.25, -0.2) is 9.78 Å². The Morgan fingerprint density at radius 2 is 2.26 bits per heavy atom. The Kier molecular flexibility index (Phi) is 5.20. The van der Waals surface area contributed by atoms with Crippen molar-refractivity contribution in [3.05, 3.63) is 28.3 Å². The molecular formula is C18H25N5O4. The van der Waals surface area contributed by atoms with Gasteiger partial charge in [-0.15, -0.1) is 0 Å². The lowest BCUT2D eigenvalue weighted by atomic mass is 9.98. The van der Waals surface area contributed by atoms with E-state index in [1.165, 1.54) is 12.1 Å². The number of aromatic amines is 1. The molecule has 1 unspecified atom stereocenters. The molecule has 1 aromatic heterocycles. The van der Waals surface area contributed by atoms with E-state index in [0.717, 1.165) is 25.9 Å². The van der Waals surface area contributed by atoms with Gasteiger partial charge in [0.05, 0.1) is 16.0 Å². The molecule has 0 bridgehead atoms. The second-order valence-corrected chi connectivity index (χ2v) is 7.86. The summed E-state index contributed by atoms with van der Waals surface area (Å²) in [4.78, 5) is 32.2. The third kappa shape index (κ3) is 4.87. The Balaban J connectivity index is 1.63. The molecule has 146 valence electrons. The predicted molar refractivity (Wildman–Crippen MR) is 102 cm³/mol. The molecule has 1 atom stereocenters. The van der Waals surface area contributed by atoms with Crippen LogP contribution in [0, 0.1) is 16.0 Å². The first-order chi connectivity index (χ1) is 12.7. The fourth-order valence-corrected chi connectivity index (χ4v) is 3.21.